The number of methoxy groups -OCH3 is 1. The second-order valence-electron chi connectivity index (χ2n) is 9.42. The number of carbonyl (C=O) groups is 2. The predicted octanol–water partition coefficient (Wildman–Crippen LogP) is 6.18. The Morgan fingerprint density at radius 1 is 1.12 bits per heavy atom. The molecule has 1 aromatic carbocycles. The van der Waals surface area contributed by atoms with Gasteiger partial charge in [-0.3, -0.25) is 9.97 Å². The number of ether oxygens (including phenoxy) is 3. The summed E-state index contributed by atoms with van der Waals surface area (Å²) in [6, 6.07) is 11.5. The van der Waals surface area contributed by atoms with Crippen LogP contribution in [0.3, 0.4) is 0 Å². The van der Waals surface area contributed by atoms with Crippen molar-refractivity contribution >= 4 is 39.4 Å². The fraction of sp³-hybridized carbons (Fsp3) is 0.310. The smallest absolute Gasteiger partial charge is 0.410 e. The molecule has 4 aromatic rings. The first-order valence-corrected chi connectivity index (χ1v) is 14.0. The molecule has 0 atom stereocenters. The quantitative estimate of drug-likeness (QED) is 0.218. The zero-order chi connectivity index (χ0) is 28.8. The molecule has 1 aliphatic carbocycles. The zero-order valence-electron chi connectivity index (χ0n) is 22.7. The van der Waals surface area contributed by atoms with Gasteiger partial charge in [0.05, 0.1) is 40.5 Å². The van der Waals surface area contributed by atoms with Gasteiger partial charge in [0.25, 0.3) is 0 Å². The third-order valence-electron chi connectivity index (χ3n) is 6.24. The molecule has 0 unspecified atom stereocenters. The van der Waals surface area contributed by atoms with E-state index in [2.05, 4.69) is 20.6 Å². The lowest BCUT2D eigenvalue weighted by Crippen LogP contribution is -2.34. The molecule has 3 amide bonds. The summed E-state index contributed by atoms with van der Waals surface area (Å²) in [7, 11) is 1.58. The average Bonchev–Trinajstić information content (AvgIpc) is 3.66. The number of anilines is 1. The van der Waals surface area contributed by atoms with E-state index in [-0.39, 0.29) is 17.8 Å². The highest BCUT2D eigenvalue weighted by Crippen LogP contribution is 2.39. The fourth-order valence-corrected chi connectivity index (χ4v) is 5.06. The second kappa shape index (κ2) is 12.9. The highest BCUT2D eigenvalue weighted by Gasteiger charge is 2.23. The number of nitrogens with zero attached hydrogens (tertiary/aromatic N) is 3. The number of pyridine rings is 2. The van der Waals surface area contributed by atoms with E-state index in [1.165, 1.54) is 23.5 Å². The van der Waals surface area contributed by atoms with E-state index in [9.17, 15) is 14.0 Å². The molecule has 1 aliphatic rings. The van der Waals surface area contributed by atoms with Crippen LogP contribution >= 0.6 is 11.3 Å². The van der Waals surface area contributed by atoms with Gasteiger partial charge in [0.15, 0.2) is 11.6 Å². The van der Waals surface area contributed by atoms with Crippen molar-refractivity contribution in [3.05, 3.63) is 66.2 Å². The van der Waals surface area contributed by atoms with E-state index < -0.39 is 11.9 Å². The minimum atomic E-state index is -0.601. The van der Waals surface area contributed by atoms with Crippen LogP contribution in [0.2, 0.25) is 0 Å². The molecule has 3 heterocycles. The van der Waals surface area contributed by atoms with E-state index in [0.29, 0.717) is 43.3 Å². The minimum Gasteiger partial charge on any atom is -0.453 e. The summed E-state index contributed by atoms with van der Waals surface area (Å²) in [5.41, 5.74) is 2.61. The summed E-state index contributed by atoms with van der Waals surface area (Å²) in [5.74, 6) is -0.115. The largest absolute Gasteiger partial charge is 0.453 e. The van der Waals surface area contributed by atoms with Gasteiger partial charge >= 0.3 is 12.1 Å². The highest BCUT2D eigenvalue weighted by molar-refractivity contribution is 7.22. The van der Waals surface area contributed by atoms with E-state index in [0.717, 1.165) is 33.7 Å². The number of hydrogen-bond donors (Lipinski definition) is 2. The monoisotopic (exact) mass is 579 g/mol. The van der Waals surface area contributed by atoms with Gasteiger partial charge in [0.2, 0.25) is 0 Å². The lowest BCUT2D eigenvalue weighted by Gasteiger charge is -2.21. The first-order chi connectivity index (χ1) is 19.9. The summed E-state index contributed by atoms with van der Waals surface area (Å²) in [6.45, 7) is 3.19. The van der Waals surface area contributed by atoms with Crippen molar-refractivity contribution in [2.75, 3.05) is 32.2 Å². The first kappa shape index (κ1) is 28.2. The Labute approximate surface area is 240 Å². The van der Waals surface area contributed by atoms with Gasteiger partial charge in [-0.15, -0.1) is 11.3 Å². The molecule has 0 saturated heterocycles. The lowest BCUT2D eigenvalue weighted by molar-refractivity contribution is 0.0882. The molecular weight excluding hydrogens is 549 g/mol. The van der Waals surface area contributed by atoms with Gasteiger partial charge < -0.3 is 29.7 Å². The molecule has 0 radical (unpaired) electrons. The van der Waals surface area contributed by atoms with Crippen LogP contribution in [0.4, 0.5) is 19.7 Å². The van der Waals surface area contributed by atoms with Crippen molar-refractivity contribution in [3.8, 4) is 22.1 Å². The summed E-state index contributed by atoms with van der Waals surface area (Å²) in [6.07, 6.45) is 4.85. The van der Waals surface area contributed by atoms with Crippen molar-refractivity contribution in [3.63, 3.8) is 0 Å². The van der Waals surface area contributed by atoms with Crippen LogP contribution in [-0.2, 0) is 16.0 Å². The molecule has 5 rings (SSSR count). The molecule has 0 spiro atoms. The van der Waals surface area contributed by atoms with Gasteiger partial charge in [-0.05, 0) is 49.6 Å². The number of hydrogen-bond acceptors (Lipinski definition) is 8. The standard InChI is InChI=1S/C29H30FN5O5S/c1-3-39-29(37)35(12-13-38-2)17-18-4-8-22(32-16-18)26-15-23-27(41-26)25(10-11-31-23)40-24-9-7-20(14-21(24)30)34-28(36)33-19-5-6-19/h4,7-11,14-16,19H,3,5-6,12-13,17H2,1-2H3,(H2,33,34,36). The van der Waals surface area contributed by atoms with Crippen LogP contribution in [0.15, 0.2) is 54.9 Å². The lowest BCUT2D eigenvalue weighted by atomic mass is 10.2. The van der Waals surface area contributed by atoms with Gasteiger partial charge in [0, 0.05) is 49.9 Å². The van der Waals surface area contributed by atoms with Crippen molar-refractivity contribution in [1.82, 2.24) is 20.2 Å². The Kier molecular flexibility index (Phi) is 8.90. The minimum absolute atomic E-state index is 0.0303. The number of benzene rings is 1. The highest BCUT2D eigenvalue weighted by atomic mass is 32.1. The predicted molar refractivity (Wildman–Crippen MR) is 154 cm³/mol. The van der Waals surface area contributed by atoms with Crippen LogP contribution in [0.1, 0.15) is 25.3 Å². The molecule has 41 heavy (non-hydrogen) atoms. The van der Waals surface area contributed by atoms with E-state index in [1.807, 2.05) is 18.2 Å². The summed E-state index contributed by atoms with van der Waals surface area (Å²) >= 11 is 1.43. The third-order valence-corrected chi connectivity index (χ3v) is 7.40. The van der Waals surface area contributed by atoms with Crippen molar-refractivity contribution < 1.29 is 28.2 Å². The van der Waals surface area contributed by atoms with E-state index in [1.54, 1.807) is 43.5 Å². The Balaban J connectivity index is 1.29. The number of carbonyl (C=O) groups excluding carboxylic acids is 2. The molecule has 0 bridgehead atoms. The number of amides is 3. The van der Waals surface area contributed by atoms with Crippen molar-refractivity contribution in [1.29, 1.82) is 0 Å². The van der Waals surface area contributed by atoms with Crippen LogP contribution in [0.5, 0.6) is 11.5 Å². The van der Waals surface area contributed by atoms with Gasteiger partial charge in [-0.2, -0.15) is 0 Å². The number of aromatic nitrogens is 2. The van der Waals surface area contributed by atoms with Crippen molar-refractivity contribution in [2.45, 2.75) is 32.4 Å². The average molecular weight is 580 g/mol. The van der Waals surface area contributed by atoms with E-state index in [4.69, 9.17) is 14.2 Å². The van der Waals surface area contributed by atoms with E-state index >= 15 is 0 Å². The molecule has 10 nitrogen and oxygen atoms in total. The number of urea groups is 1. The Bertz CT molecular complexity index is 1530. The fourth-order valence-electron chi connectivity index (χ4n) is 4.02. The molecule has 1 saturated carbocycles. The molecule has 12 heteroatoms. The Morgan fingerprint density at radius 3 is 2.68 bits per heavy atom. The number of rotatable bonds is 11. The number of fused-ring (bicyclic) bond motifs is 1. The Hall–Kier alpha value is -4.29. The SMILES string of the molecule is CCOC(=O)N(CCOC)Cc1ccc(-c2cc3nccc(Oc4ccc(NC(=O)NC5CC5)cc4F)c3s2)nc1. The van der Waals surface area contributed by atoms with Crippen LogP contribution in [0, 0.1) is 5.82 Å². The topological polar surface area (TPSA) is 115 Å². The summed E-state index contributed by atoms with van der Waals surface area (Å²) in [4.78, 5) is 35.7. The van der Waals surface area contributed by atoms with Gasteiger partial charge in [-0.1, -0.05) is 6.07 Å². The molecule has 3 aromatic heterocycles. The first-order valence-electron chi connectivity index (χ1n) is 13.2. The maximum Gasteiger partial charge on any atom is 0.410 e. The number of nitrogens with one attached hydrogen (secondary N) is 2. The Morgan fingerprint density at radius 2 is 1.98 bits per heavy atom. The summed E-state index contributed by atoms with van der Waals surface area (Å²) < 4.78 is 31.8. The second-order valence-corrected chi connectivity index (χ2v) is 10.5. The van der Waals surface area contributed by atoms with Crippen LogP contribution in [0.25, 0.3) is 20.8 Å². The van der Waals surface area contributed by atoms with Gasteiger partial charge in [0.1, 0.15) is 5.75 Å². The molecule has 2 N–H and O–H groups in total. The normalized spacial score (nSPS) is 12.7. The molecular formula is C29H30FN5O5S. The van der Waals surface area contributed by atoms with Crippen LogP contribution in [-0.4, -0.2) is 59.9 Å². The molecule has 1 fully saturated rings. The van der Waals surface area contributed by atoms with Gasteiger partial charge in [-0.25, -0.2) is 14.0 Å². The molecule has 0 aliphatic heterocycles. The number of halogens is 1. The summed E-state index contributed by atoms with van der Waals surface area (Å²) in [5, 5.41) is 5.44. The zero-order valence-corrected chi connectivity index (χ0v) is 23.5. The van der Waals surface area contributed by atoms with Crippen molar-refractivity contribution in [2.24, 2.45) is 0 Å². The van der Waals surface area contributed by atoms with Crippen LogP contribution < -0.4 is 15.4 Å². The number of thiophene rings is 1. The maximum atomic E-state index is 14.9. The maximum absolute atomic E-state index is 14.9. The third kappa shape index (κ3) is 7.27. The molecule has 214 valence electrons.